The molecule has 2 rings (SSSR count). The SMILES string of the molecule is CCNC(=NCCCN1CCC(C)CC1)NCCCN1CCOCC1. The average Bonchev–Trinajstić information content (AvgIpc) is 2.64. The molecule has 0 aromatic heterocycles. The predicted octanol–water partition coefficient (Wildman–Crippen LogP) is 1.39. The lowest BCUT2D eigenvalue weighted by Gasteiger charge is -2.29. The van der Waals surface area contributed by atoms with Crippen molar-refractivity contribution < 1.29 is 4.74 Å². The lowest BCUT2D eigenvalue weighted by Crippen LogP contribution is -2.41. The van der Waals surface area contributed by atoms with Crippen molar-refractivity contribution in [1.29, 1.82) is 0 Å². The molecular formula is C19H39N5O. The minimum atomic E-state index is 0.882. The van der Waals surface area contributed by atoms with Crippen LogP contribution in [0.25, 0.3) is 0 Å². The fourth-order valence-electron chi connectivity index (χ4n) is 3.45. The second kappa shape index (κ2) is 12.5. The van der Waals surface area contributed by atoms with E-state index in [0.29, 0.717) is 0 Å². The molecule has 0 saturated carbocycles. The molecule has 0 radical (unpaired) electrons. The van der Waals surface area contributed by atoms with E-state index in [9.17, 15) is 0 Å². The van der Waals surface area contributed by atoms with Crippen LogP contribution >= 0.6 is 0 Å². The Bertz CT molecular complexity index is 363. The van der Waals surface area contributed by atoms with Crippen LogP contribution in [-0.2, 0) is 4.74 Å². The fourth-order valence-corrected chi connectivity index (χ4v) is 3.45. The van der Waals surface area contributed by atoms with E-state index in [1.54, 1.807) is 0 Å². The normalized spacial score (nSPS) is 21.4. The Labute approximate surface area is 154 Å². The van der Waals surface area contributed by atoms with Crippen molar-refractivity contribution in [2.45, 2.75) is 39.5 Å². The maximum atomic E-state index is 5.39. The molecule has 0 atom stereocenters. The van der Waals surface area contributed by atoms with Crippen LogP contribution in [0.2, 0.25) is 0 Å². The van der Waals surface area contributed by atoms with Crippen molar-refractivity contribution in [1.82, 2.24) is 20.4 Å². The number of guanidine groups is 1. The molecule has 2 heterocycles. The summed E-state index contributed by atoms with van der Waals surface area (Å²) in [7, 11) is 0. The molecule has 0 aromatic rings. The Balaban J connectivity index is 1.55. The molecule has 0 bridgehead atoms. The van der Waals surface area contributed by atoms with E-state index in [1.807, 2.05) is 0 Å². The van der Waals surface area contributed by atoms with Gasteiger partial charge in [-0.3, -0.25) is 9.89 Å². The molecule has 25 heavy (non-hydrogen) atoms. The van der Waals surface area contributed by atoms with Crippen molar-refractivity contribution in [3.8, 4) is 0 Å². The second-order valence-electron chi connectivity index (χ2n) is 7.37. The maximum absolute atomic E-state index is 5.39. The van der Waals surface area contributed by atoms with Crippen LogP contribution in [0, 0.1) is 5.92 Å². The Kier molecular flexibility index (Phi) is 10.2. The van der Waals surface area contributed by atoms with Gasteiger partial charge in [0.1, 0.15) is 0 Å². The van der Waals surface area contributed by atoms with Crippen LogP contribution < -0.4 is 10.6 Å². The first-order chi connectivity index (χ1) is 12.3. The van der Waals surface area contributed by atoms with Crippen molar-refractivity contribution in [3.63, 3.8) is 0 Å². The fraction of sp³-hybridized carbons (Fsp3) is 0.947. The summed E-state index contributed by atoms with van der Waals surface area (Å²) in [5.74, 6) is 1.88. The minimum Gasteiger partial charge on any atom is -0.379 e. The third-order valence-corrected chi connectivity index (χ3v) is 5.17. The van der Waals surface area contributed by atoms with Crippen LogP contribution in [0.5, 0.6) is 0 Å². The van der Waals surface area contributed by atoms with Crippen molar-refractivity contribution >= 4 is 5.96 Å². The molecule has 0 aliphatic carbocycles. The van der Waals surface area contributed by atoms with Gasteiger partial charge in [-0.25, -0.2) is 0 Å². The quantitative estimate of drug-likeness (QED) is 0.373. The number of likely N-dealkylation sites (tertiary alicyclic amines) is 1. The van der Waals surface area contributed by atoms with Gasteiger partial charge in [0.25, 0.3) is 0 Å². The number of hydrogen-bond donors (Lipinski definition) is 2. The predicted molar refractivity (Wildman–Crippen MR) is 105 cm³/mol. The average molecular weight is 354 g/mol. The van der Waals surface area contributed by atoms with Crippen LogP contribution in [0.1, 0.15) is 39.5 Å². The highest BCUT2D eigenvalue weighted by atomic mass is 16.5. The van der Waals surface area contributed by atoms with E-state index >= 15 is 0 Å². The first-order valence-electron chi connectivity index (χ1n) is 10.3. The largest absolute Gasteiger partial charge is 0.379 e. The number of hydrogen-bond acceptors (Lipinski definition) is 4. The van der Waals surface area contributed by atoms with Gasteiger partial charge in [0.15, 0.2) is 5.96 Å². The van der Waals surface area contributed by atoms with Crippen LogP contribution in [0.4, 0.5) is 0 Å². The molecule has 6 nitrogen and oxygen atoms in total. The summed E-state index contributed by atoms with van der Waals surface area (Å²) in [4.78, 5) is 9.81. The summed E-state index contributed by atoms with van der Waals surface area (Å²) in [6.07, 6.45) is 5.02. The second-order valence-corrected chi connectivity index (χ2v) is 7.37. The van der Waals surface area contributed by atoms with Gasteiger partial charge in [-0.15, -0.1) is 0 Å². The first kappa shape index (κ1) is 20.5. The summed E-state index contributed by atoms with van der Waals surface area (Å²) >= 11 is 0. The number of nitrogens with one attached hydrogen (secondary N) is 2. The standard InChI is InChI=1S/C19H39N5O/c1-3-20-19(22-9-5-11-24-14-16-25-17-15-24)21-8-4-10-23-12-6-18(2)7-13-23/h18H,3-17H2,1-2H3,(H2,20,21,22). The smallest absolute Gasteiger partial charge is 0.191 e. The Morgan fingerprint density at radius 2 is 1.68 bits per heavy atom. The topological polar surface area (TPSA) is 52.1 Å². The molecule has 0 aromatic carbocycles. The number of nitrogens with zero attached hydrogens (tertiary/aromatic N) is 3. The lowest BCUT2D eigenvalue weighted by atomic mass is 9.99. The lowest BCUT2D eigenvalue weighted by molar-refractivity contribution is 0.0376. The van der Waals surface area contributed by atoms with E-state index in [4.69, 9.17) is 9.73 Å². The van der Waals surface area contributed by atoms with Gasteiger partial charge in [-0.2, -0.15) is 0 Å². The molecule has 6 heteroatoms. The van der Waals surface area contributed by atoms with Crippen molar-refractivity contribution in [2.75, 3.05) is 72.1 Å². The van der Waals surface area contributed by atoms with Crippen molar-refractivity contribution in [3.05, 3.63) is 0 Å². The van der Waals surface area contributed by atoms with Crippen LogP contribution in [0.3, 0.4) is 0 Å². The third kappa shape index (κ3) is 8.88. The van der Waals surface area contributed by atoms with Gasteiger partial charge in [-0.05, 0) is 64.7 Å². The molecule has 2 N–H and O–H groups in total. The zero-order valence-corrected chi connectivity index (χ0v) is 16.4. The summed E-state index contributed by atoms with van der Waals surface area (Å²) in [6.45, 7) is 16.1. The molecule has 2 fully saturated rings. The number of rotatable bonds is 9. The van der Waals surface area contributed by atoms with Gasteiger partial charge in [0.05, 0.1) is 13.2 Å². The molecule has 2 aliphatic heterocycles. The van der Waals surface area contributed by atoms with E-state index in [1.165, 1.54) is 32.5 Å². The Morgan fingerprint density at radius 1 is 1.00 bits per heavy atom. The number of piperidine rings is 1. The van der Waals surface area contributed by atoms with Crippen LogP contribution in [-0.4, -0.2) is 87.9 Å². The van der Waals surface area contributed by atoms with Crippen molar-refractivity contribution in [2.24, 2.45) is 10.9 Å². The molecule has 0 amide bonds. The van der Waals surface area contributed by atoms with E-state index in [2.05, 4.69) is 34.3 Å². The highest BCUT2D eigenvalue weighted by Gasteiger charge is 2.14. The molecule has 2 aliphatic rings. The van der Waals surface area contributed by atoms with E-state index < -0.39 is 0 Å². The minimum absolute atomic E-state index is 0.882. The first-order valence-corrected chi connectivity index (χ1v) is 10.3. The van der Waals surface area contributed by atoms with Gasteiger partial charge < -0.3 is 20.3 Å². The van der Waals surface area contributed by atoms with Gasteiger partial charge >= 0.3 is 0 Å². The highest BCUT2D eigenvalue weighted by molar-refractivity contribution is 5.79. The highest BCUT2D eigenvalue weighted by Crippen LogP contribution is 2.15. The molecule has 0 spiro atoms. The summed E-state index contributed by atoms with van der Waals surface area (Å²) in [5, 5.41) is 6.83. The monoisotopic (exact) mass is 353 g/mol. The third-order valence-electron chi connectivity index (χ3n) is 5.17. The Hall–Kier alpha value is -0.850. The zero-order valence-electron chi connectivity index (χ0n) is 16.4. The van der Waals surface area contributed by atoms with Gasteiger partial charge in [0, 0.05) is 32.7 Å². The zero-order chi connectivity index (χ0) is 17.7. The summed E-state index contributed by atoms with van der Waals surface area (Å²) in [5.41, 5.74) is 0. The van der Waals surface area contributed by atoms with Crippen LogP contribution in [0.15, 0.2) is 4.99 Å². The maximum Gasteiger partial charge on any atom is 0.191 e. The number of aliphatic imine (C=N–C) groups is 1. The van der Waals surface area contributed by atoms with E-state index in [-0.39, 0.29) is 0 Å². The molecule has 0 unspecified atom stereocenters. The van der Waals surface area contributed by atoms with E-state index in [0.717, 1.165) is 77.2 Å². The number of morpholine rings is 1. The molecule has 146 valence electrons. The molecular weight excluding hydrogens is 314 g/mol. The van der Waals surface area contributed by atoms with Gasteiger partial charge in [0.2, 0.25) is 0 Å². The molecule has 2 saturated heterocycles. The summed E-state index contributed by atoms with van der Waals surface area (Å²) in [6, 6.07) is 0. The summed E-state index contributed by atoms with van der Waals surface area (Å²) < 4.78 is 5.39. The number of ether oxygens (including phenoxy) is 1. The van der Waals surface area contributed by atoms with Gasteiger partial charge in [-0.1, -0.05) is 6.92 Å². The Morgan fingerprint density at radius 3 is 2.40 bits per heavy atom.